The van der Waals surface area contributed by atoms with Crippen molar-refractivity contribution in [2.24, 2.45) is 0 Å². The van der Waals surface area contributed by atoms with E-state index in [4.69, 9.17) is 0 Å². The molecule has 1 aliphatic rings. The lowest BCUT2D eigenvalue weighted by Gasteiger charge is -2.34. The van der Waals surface area contributed by atoms with Crippen LogP contribution in [0.15, 0.2) is 24.4 Å². The Morgan fingerprint density at radius 3 is 2.69 bits per heavy atom. The highest BCUT2D eigenvalue weighted by atomic mass is 19.4. The van der Waals surface area contributed by atoms with Gasteiger partial charge in [0.05, 0.1) is 30.5 Å². The van der Waals surface area contributed by atoms with Gasteiger partial charge in [0.1, 0.15) is 11.7 Å². The van der Waals surface area contributed by atoms with Crippen molar-refractivity contribution in [3.8, 4) is 0 Å². The van der Waals surface area contributed by atoms with Crippen molar-refractivity contribution in [3.63, 3.8) is 0 Å². The fraction of sp³-hybridized carbons (Fsp3) is 0.350. The van der Waals surface area contributed by atoms with Gasteiger partial charge in [-0.15, -0.1) is 0 Å². The minimum Gasteiger partial charge on any atom is -0.350 e. The van der Waals surface area contributed by atoms with Gasteiger partial charge in [-0.25, -0.2) is 8.78 Å². The fourth-order valence-corrected chi connectivity index (χ4v) is 3.63. The molecular formula is C20H18F5N5O2. The van der Waals surface area contributed by atoms with Crippen molar-refractivity contribution in [1.82, 2.24) is 25.0 Å². The number of alkyl halides is 3. The Morgan fingerprint density at radius 2 is 2.00 bits per heavy atom. The lowest BCUT2D eigenvalue weighted by Crippen LogP contribution is -2.46. The lowest BCUT2D eigenvalue weighted by molar-refractivity contribution is -0.149. The van der Waals surface area contributed by atoms with Crippen LogP contribution in [-0.4, -0.2) is 49.7 Å². The third kappa shape index (κ3) is 3.69. The molecule has 4 rings (SSSR count). The van der Waals surface area contributed by atoms with Gasteiger partial charge in [-0.2, -0.15) is 18.3 Å². The Kier molecular flexibility index (Phi) is 5.18. The number of carbonyl (C=O) groups excluding carboxylic acids is 2. The second kappa shape index (κ2) is 7.61. The van der Waals surface area contributed by atoms with E-state index in [1.54, 1.807) is 6.92 Å². The Labute approximate surface area is 178 Å². The van der Waals surface area contributed by atoms with Crippen molar-refractivity contribution in [2.75, 3.05) is 0 Å². The molecule has 3 heterocycles. The highest BCUT2D eigenvalue weighted by molar-refractivity contribution is 5.99. The number of carbonyl (C=O) groups is 2. The van der Waals surface area contributed by atoms with Crippen LogP contribution in [0, 0.1) is 11.6 Å². The average Bonchev–Trinajstić information content (AvgIpc) is 3.33. The summed E-state index contributed by atoms with van der Waals surface area (Å²) in [6.45, 7) is 2.66. The van der Waals surface area contributed by atoms with E-state index in [1.807, 2.05) is 5.32 Å². The minimum atomic E-state index is -4.61. The number of amides is 2. The number of nitrogens with zero attached hydrogens (tertiary/aromatic N) is 3. The maximum absolute atomic E-state index is 14.0. The van der Waals surface area contributed by atoms with Crippen LogP contribution in [0.2, 0.25) is 0 Å². The molecule has 0 spiro atoms. The lowest BCUT2D eigenvalue weighted by atomic mass is 10.1. The zero-order valence-corrected chi connectivity index (χ0v) is 16.9. The Balaban J connectivity index is 1.61. The molecule has 0 bridgehead atoms. The summed E-state index contributed by atoms with van der Waals surface area (Å²) in [5.74, 6) is -3.62. The van der Waals surface area contributed by atoms with Gasteiger partial charge in [0.2, 0.25) is 0 Å². The van der Waals surface area contributed by atoms with Gasteiger partial charge in [-0.3, -0.25) is 14.3 Å². The molecular weight excluding hydrogens is 437 g/mol. The fourth-order valence-electron chi connectivity index (χ4n) is 3.63. The summed E-state index contributed by atoms with van der Waals surface area (Å²) in [5.41, 5.74) is 0.455. The van der Waals surface area contributed by atoms with E-state index >= 15 is 0 Å². The van der Waals surface area contributed by atoms with Crippen molar-refractivity contribution < 1.29 is 31.5 Å². The number of fused-ring (bicyclic) bond motifs is 2. The van der Waals surface area contributed by atoms with Crippen molar-refractivity contribution in [3.05, 3.63) is 53.0 Å². The number of hydrogen-bond donors (Lipinski definition) is 2. The van der Waals surface area contributed by atoms with Gasteiger partial charge >= 0.3 is 6.18 Å². The summed E-state index contributed by atoms with van der Waals surface area (Å²) < 4.78 is 67.4. The molecule has 170 valence electrons. The highest BCUT2D eigenvalue weighted by Gasteiger charge is 2.38. The summed E-state index contributed by atoms with van der Waals surface area (Å²) in [6.07, 6.45) is -3.45. The van der Waals surface area contributed by atoms with E-state index in [2.05, 4.69) is 10.1 Å². The van der Waals surface area contributed by atoms with Crippen molar-refractivity contribution >= 4 is 22.7 Å². The zero-order valence-electron chi connectivity index (χ0n) is 16.9. The van der Waals surface area contributed by atoms with E-state index in [0.29, 0.717) is 0 Å². The maximum Gasteiger partial charge on any atom is 0.408 e. The van der Waals surface area contributed by atoms with Gasteiger partial charge in [0.15, 0.2) is 11.6 Å². The Hall–Kier alpha value is -3.44. The molecule has 2 aromatic heterocycles. The van der Waals surface area contributed by atoms with Crippen LogP contribution in [0.4, 0.5) is 22.0 Å². The molecule has 3 aromatic rings. The van der Waals surface area contributed by atoms with E-state index in [1.165, 1.54) is 21.7 Å². The zero-order chi connectivity index (χ0) is 23.4. The number of aromatic nitrogens is 3. The normalized spacial score (nSPS) is 17.3. The van der Waals surface area contributed by atoms with Crippen LogP contribution in [-0.2, 0) is 13.1 Å². The number of nitrogens with one attached hydrogen (secondary N) is 2. The first-order valence-electron chi connectivity index (χ1n) is 9.67. The predicted molar refractivity (Wildman–Crippen MR) is 103 cm³/mol. The minimum absolute atomic E-state index is 0.0148. The first-order chi connectivity index (χ1) is 15.0. The molecule has 0 radical (unpaired) electrons. The van der Waals surface area contributed by atoms with E-state index in [-0.39, 0.29) is 47.0 Å². The SMILES string of the molecule is CC1Cn2ncc(C(=O)N[C@H](C)C(F)(F)F)c2CN1C(=O)c1cc2c(F)c(F)ccc2[nH]1. The Bertz CT molecular complexity index is 1220. The summed E-state index contributed by atoms with van der Waals surface area (Å²) in [7, 11) is 0. The first kappa shape index (κ1) is 21.8. The number of hydrogen-bond acceptors (Lipinski definition) is 3. The Morgan fingerprint density at radius 1 is 1.28 bits per heavy atom. The van der Waals surface area contributed by atoms with Gasteiger partial charge in [-0.1, -0.05) is 0 Å². The largest absolute Gasteiger partial charge is 0.408 e. The molecule has 7 nitrogen and oxygen atoms in total. The summed E-state index contributed by atoms with van der Waals surface area (Å²) in [4.78, 5) is 29.6. The summed E-state index contributed by atoms with van der Waals surface area (Å²) >= 11 is 0. The van der Waals surface area contributed by atoms with Crippen molar-refractivity contribution in [2.45, 2.75) is 45.2 Å². The maximum atomic E-state index is 14.0. The standard InChI is InChI=1S/C20H18F5N5O2/c1-9-7-30-16(12(6-26-30)18(31)27-10(2)20(23,24)25)8-29(9)19(32)15-5-11-14(28-15)4-3-13(21)17(11)22/h3-6,9-10,28H,7-8H2,1-2H3,(H,27,31)/t9?,10-/m1/s1. The smallest absolute Gasteiger partial charge is 0.350 e. The molecule has 2 amide bonds. The molecule has 2 atom stereocenters. The third-order valence-electron chi connectivity index (χ3n) is 5.50. The number of H-pyrrole nitrogens is 1. The molecule has 0 fully saturated rings. The molecule has 0 saturated carbocycles. The average molecular weight is 455 g/mol. The number of halogens is 5. The topological polar surface area (TPSA) is 83.0 Å². The highest BCUT2D eigenvalue weighted by Crippen LogP contribution is 2.26. The van der Waals surface area contributed by atoms with Gasteiger partial charge < -0.3 is 15.2 Å². The molecule has 1 unspecified atom stereocenters. The molecule has 12 heteroatoms. The van der Waals surface area contributed by atoms with Crippen LogP contribution < -0.4 is 5.32 Å². The predicted octanol–water partition coefficient (Wildman–Crippen LogP) is 3.37. The van der Waals surface area contributed by atoms with Crippen LogP contribution in [0.1, 0.15) is 40.4 Å². The van der Waals surface area contributed by atoms with Gasteiger partial charge in [0, 0.05) is 16.9 Å². The summed E-state index contributed by atoms with van der Waals surface area (Å²) in [5, 5.41) is 5.86. The molecule has 1 aromatic carbocycles. The van der Waals surface area contributed by atoms with E-state index in [9.17, 15) is 31.5 Å². The molecule has 32 heavy (non-hydrogen) atoms. The van der Waals surface area contributed by atoms with Crippen LogP contribution in [0.5, 0.6) is 0 Å². The molecule has 2 N–H and O–H groups in total. The molecule has 1 aliphatic heterocycles. The van der Waals surface area contributed by atoms with E-state index in [0.717, 1.165) is 19.2 Å². The molecule has 0 saturated heterocycles. The van der Waals surface area contributed by atoms with Crippen LogP contribution >= 0.6 is 0 Å². The molecule has 0 aliphatic carbocycles. The second-order valence-corrected chi connectivity index (χ2v) is 7.71. The number of benzene rings is 1. The van der Waals surface area contributed by atoms with Gasteiger partial charge in [0.25, 0.3) is 11.8 Å². The monoisotopic (exact) mass is 455 g/mol. The quantitative estimate of drug-likeness (QED) is 0.595. The summed E-state index contributed by atoms with van der Waals surface area (Å²) in [6, 6.07) is 1.01. The third-order valence-corrected chi connectivity index (χ3v) is 5.50. The van der Waals surface area contributed by atoms with Crippen LogP contribution in [0.25, 0.3) is 10.9 Å². The number of rotatable bonds is 3. The van der Waals surface area contributed by atoms with Crippen LogP contribution in [0.3, 0.4) is 0 Å². The van der Waals surface area contributed by atoms with Gasteiger partial charge in [-0.05, 0) is 32.0 Å². The first-order valence-corrected chi connectivity index (χ1v) is 9.67. The van der Waals surface area contributed by atoms with E-state index < -0.39 is 35.7 Å². The van der Waals surface area contributed by atoms with Crippen molar-refractivity contribution in [1.29, 1.82) is 0 Å². The second-order valence-electron chi connectivity index (χ2n) is 7.71. The number of aromatic amines is 1.